The van der Waals surface area contributed by atoms with Crippen LogP contribution >= 0.6 is 0 Å². The van der Waals surface area contributed by atoms with Crippen LogP contribution in [0.1, 0.15) is 24.1 Å². The molecule has 0 unspecified atom stereocenters. The van der Waals surface area contributed by atoms with Crippen LogP contribution in [-0.2, 0) is 9.84 Å². The maximum atomic E-state index is 12.9. The van der Waals surface area contributed by atoms with Crippen molar-refractivity contribution in [3.05, 3.63) is 59.4 Å². The SMILES string of the molecule is Cc1ccc(S(C)(=O)=O)cc1NC(=O)N[C@H](C)c1ccc(F)cc1. The molecular weight excluding hydrogens is 331 g/mol. The molecule has 0 spiro atoms. The molecule has 0 aliphatic rings. The normalized spacial score (nSPS) is 12.5. The van der Waals surface area contributed by atoms with Gasteiger partial charge in [-0.3, -0.25) is 0 Å². The van der Waals surface area contributed by atoms with Crippen LogP contribution in [0.2, 0.25) is 0 Å². The molecule has 0 aliphatic heterocycles. The maximum Gasteiger partial charge on any atom is 0.319 e. The Labute approximate surface area is 140 Å². The number of benzene rings is 2. The third kappa shape index (κ3) is 4.55. The van der Waals surface area contributed by atoms with Crippen LogP contribution in [0.4, 0.5) is 14.9 Å². The number of nitrogens with one attached hydrogen (secondary N) is 2. The van der Waals surface area contributed by atoms with E-state index >= 15 is 0 Å². The lowest BCUT2D eigenvalue weighted by Gasteiger charge is -2.16. The van der Waals surface area contributed by atoms with Crippen molar-refractivity contribution in [2.24, 2.45) is 0 Å². The molecule has 128 valence electrons. The van der Waals surface area contributed by atoms with Gasteiger partial charge in [-0.15, -0.1) is 0 Å². The second kappa shape index (κ2) is 7.00. The van der Waals surface area contributed by atoms with Crippen LogP contribution in [0.15, 0.2) is 47.4 Å². The quantitative estimate of drug-likeness (QED) is 0.887. The Hall–Kier alpha value is -2.41. The Balaban J connectivity index is 2.11. The number of carbonyl (C=O) groups excluding carboxylic acids is 1. The lowest BCUT2D eigenvalue weighted by atomic mass is 10.1. The topological polar surface area (TPSA) is 75.3 Å². The lowest BCUT2D eigenvalue weighted by Crippen LogP contribution is -2.31. The third-order valence-corrected chi connectivity index (χ3v) is 4.71. The zero-order chi connectivity index (χ0) is 17.9. The zero-order valence-electron chi connectivity index (χ0n) is 13.6. The second-order valence-electron chi connectivity index (χ2n) is 5.62. The van der Waals surface area contributed by atoms with Crippen molar-refractivity contribution in [1.29, 1.82) is 0 Å². The van der Waals surface area contributed by atoms with Gasteiger partial charge in [0.15, 0.2) is 9.84 Å². The molecule has 0 radical (unpaired) electrons. The summed E-state index contributed by atoms with van der Waals surface area (Å²) in [5.41, 5.74) is 1.92. The van der Waals surface area contributed by atoms with Gasteiger partial charge in [0.2, 0.25) is 0 Å². The van der Waals surface area contributed by atoms with Gasteiger partial charge in [0.1, 0.15) is 5.82 Å². The van der Waals surface area contributed by atoms with Crippen LogP contribution in [0.25, 0.3) is 0 Å². The van der Waals surface area contributed by atoms with Crippen molar-refractivity contribution < 1.29 is 17.6 Å². The molecule has 7 heteroatoms. The Bertz CT molecular complexity index is 849. The fourth-order valence-electron chi connectivity index (χ4n) is 2.16. The summed E-state index contributed by atoms with van der Waals surface area (Å²) in [5, 5.41) is 5.37. The Morgan fingerprint density at radius 3 is 2.33 bits per heavy atom. The molecule has 0 bridgehead atoms. The van der Waals surface area contributed by atoms with Crippen LogP contribution in [-0.4, -0.2) is 20.7 Å². The highest BCUT2D eigenvalue weighted by Gasteiger charge is 2.13. The largest absolute Gasteiger partial charge is 0.331 e. The van der Waals surface area contributed by atoms with Crippen molar-refractivity contribution in [3.63, 3.8) is 0 Å². The number of rotatable bonds is 4. The van der Waals surface area contributed by atoms with E-state index in [1.807, 2.05) is 0 Å². The van der Waals surface area contributed by atoms with Gasteiger partial charge in [-0.05, 0) is 49.2 Å². The molecule has 2 N–H and O–H groups in total. The van der Waals surface area contributed by atoms with Crippen molar-refractivity contribution in [2.75, 3.05) is 11.6 Å². The van der Waals surface area contributed by atoms with E-state index in [9.17, 15) is 17.6 Å². The Morgan fingerprint density at radius 1 is 1.12 bits per heavy atom. The molecule has 0 aliphatic carbocycles. The van der Waals surface area contributed by atoms with E-state index in [0.717, 1.165) is 17.4 Å². The molecule has 2 aromatic carbocycles. The molecule has 0 saturated heterocycles. The predicted molar refractivity (Wildman–Crippen MR) is 91.3 cm³/mol. The number of carbonyl (C=O) groups is 1. The number of sulfone groups is 1. The van der Waals surface area contributed by atoms with Crippen LogP contribution in [0, 0.1) is 12.7 Å². The molecule has 24 heavy (non-hydrogen) atoms. The molecule has 2 rings (SSSR count). The van der Waals surface area contributed by atoms with Crippen molar-refractivity contribution >= 4 is 21.6 Å². The molecular formula is C17H19FN2O3S. The Kier molecular flexibility index (Phi) is 5.23. The first-order chi connectivity index (χ1) is 11.2. The smallest absolute Gasteiger partial charge is 0.319 e. The second-order valence-corrected chi connectivity index (χ2v) is 7.64. The fourth-order valence-corrected chi connectivity index (χ4v) is 2.80. The number of hydrogen-bond acceptors (Lipinski definition) is 3. The minimum absolute atomic E-state index is 0.134. The molecule has 1 atom stereocenters. The summed E-state index contributed by atoms with van der Waals surface area (Å²) in [4.78, 5) is 12.3. The predicted octanol–water partition coefficient (Wildman–Crippen LogP) is 3.42. The highest BCUT2D eigenvalue weighted by Crippen LogP contribution is 2.20. The fraction of sp³-hybridized carbons (Fsp3) is 0.235. The van der Waals surface area contributed by atoms with Gasteiger partial charge in [0.05, 0.1) is 10.9 Å². The van der Waals surface area contributed by atoms with Gasteiger partial charge in [-0.1, -0.05) is 18.2 Å². The van der Waals surface area contributed by atoms with Gasteiger partial charge < -0.3 is 10.6 Å². The summed E-state index contributed by atoms with van der Waals surface area (Å²) < 4.78 is 36.2. The number of aryl methyl sites for hydroxylation is 1. The van der Waals surface area contributed by atoms with Gasteiger partial charge in [-0.25, -0.2) is 17.6 Å². The van der Waals surface area contributed by atoms with Crippen LogP contribution in [0.3, 0.4) is 0 Å². The Morgan fingerprint density at radius 2 is 1.75 bits per heavy atom. The first-order valence-corrected chi connectivity index (χ1v) is 9.19. The molecule has 2 amide bonds. The highest BCUT2D eigenvalue weighted by atomic mass is 32.2. The van der Waals surface area contributed by atoms with Crippen molar-refractivity contribution in [1.82, 2.24) is 5.32 Å². The van der Waals surface area contributed by atoms with Crippen molar-refractivity contribution in [3.8, 4) is 0 Å². The summed E-state index contributed by atoms with van der Waals surface area (Å²) in [6.07, 6.45) is 1.11. The van der Waals surface area contributed by atoms with E-state index in [1.54, 1.807) is 32.0 Å². The minimum atomic E-state index is -3.36. The molecule has 5 nitrogen and oxygen atoms in total. The molecule has 0 fully saturated rings. The number of amides is 2. The van der Waals surface area contributed by atoms with E-state index in [2.05, 4.69) is 10.6 Å². The minimum Gasteiger partial charge on any atom is -0.331 e. The van der Waals surface area contributed by atoms with Crippen LogP contribution in [0.5, 0.6) is 0 Å². The summed E-state index contributed by atoms with van der Waals surface area (Å²) >= 11 is 0. The molecule has 0 heterocycles. The maximum absolute atomic E-state index is 12.9. The number of halogens is 1. The first kappa shape index (κ1) is 17.9. The van der Waals surface area contributed by atoms with E-state index in [-0.39, 0.29) is 16.8 Å². The summed E-state index contributed by atoms with van der Waals surface area (Å²) in [5.74, 6) is -0.344. The van der Waals surface area contributed by atoms with Gasteiger partial charge >= 0.3 is 6.03 Å². The number of anilines is 1. The van der Waals surface area contributed by atoms with Gasteiger partial charge in [-0.2, -0.15) is 0 Å². The van der Waals surface area contributed by atoms with Crippen molar-refractivity contribution in [2.45, 2.75) is 24.8 Å². The van der Waals surface area contributed by atoms with Crippen LogP contribution < -0.4 is 10.6 Å². The van der Waals surface area contributed by atoms with E-state index in [4.69, 9.17) is 0 Å². The summed E-state index contributed by atoms with van der Waals surface area (Å²) in [6, 6.07) is 9.59. The first-order valence-electron chi connectivity index (χ1n) is 7.30. The molecule has 0 aromatic heterocycles. The average molecular weight is 350 g/mol. The van der Waals surface area contributed by atoms with E-state index < -0.39 is 15.9 Å². The van der Waals surface area contributed by atoms with Gasteiger partial charge in [0, 0.05) is 11.9 Å². The standard InChI is InChI=1S/C17H19FN2O3S/c1-11-4-9-15(24(3,22)23)10-16(11)20-17(21)19-12(2)13-5-7-14(18)8-6-13/h4-10,12H,1-3H3,(H2,19,20,21)/t12-/m1/s1. The lowest BCUT2D eigenvalue weighted by molar-refractivity contribution is 0.249. The molecule has 0 saturated carbocycles. The van der Waals surface area contributed by atoms with E-state index in [1.165, 1.54) is 24.3 Å². The highest BCUT2D eigenvalue weighted by molar-refractivity contribution is 7.90. The van der Waals surface area contributed by atoms with Gasteiger partial charge in [0.25, 0.3) is 0 Å². The number of urea groups is 1. The zero-order valence-corrected chi connectivity index (χ0v) is 14.4. The summed E-state index contributed by atoms with van der Waals surface area (Å²) in [7, 11) is -3.36. The third-order valence-electron chi connectivity index (χ3n) is 3.60. The monoisotopic (exact) mass is 350 g/mol. The molecule has 2 aromatic rings. The summed E-state index contributed by atoms with van der Waals surface area (Å²) in [6.45, 7) is 3.54. The number of hydrogen-bond donors (Lipinski definition) is 2. The average Bonchev–Trinajstić information content (AvgIpc) is 2.48. The van der Waals surface area contributed by atoms with E-state index in [0.29, 0.717) is 5.69 Å².